The molecule has 150 valence electrons. The quantitative estimate of drug-likeness (QED) is 0.554. The monoisotopic (exact) mass is 431 g/mol. The average molecular weight is 432 g/mol. The fourth-order valence-corrected chi connectivity index (χ4v) is 3.39. The summed E-state index contributed by atoms with van der Waals surface area (Å²) in [5.74, 6) is -0.599. The fraction of sp³-hybridized carbons (Fsp3) is 0.150. The van der Waals surface area contributed by atoms with Gasteiger partial charge in [0.25, 0.3) is 0 Å². The van der Waals surface area contributed by atoms with E-state index in [1.165, 1.54) is 6.07 Å². The molecular formula is C20H19Cl2N5O2. The Kier molecular flexibility index (Phi) is 6.10. The lowest BCUT2D eigenvalue weighted by molar-refractivity contribution is 0.1000. The van der Waals surface area contributed by atoms with Crippen LogP contribution in [0.4, 0.5) is 10.5 Å². The van der Waals surface area contributed by atoms with Crippen LogP contribution in [-0.2, 0) is 0 Å². The number of nitrogens with two attached hydrogens (primary N) is 1. The van der Waals surface area contributed by atoms with E-state index in [-0.39, 0.29) is 11.6 Å². The number of rotatable bonds is 5. The van der Waals surface area contributed by atoms with Crippen molar-refractivity contribution in [2.24, 2.45) is 5.73 Å². The van der Waals surface area contributed by atoms with Gasteiger partial charge in [-0.1, -0.05) is 29.3 Å². The first kappa shape index (κ1) is 20.7. The van der Waals surface area contributed by atoms with E-state index in [1.807, 2.05) is 6.92 Å². The highest BCUT2D eigenvalue weighted by molar-refractivity contribution is 6.35. The van der Waals surface area contributed by atoms with Gasteiger partial charge in [0.2, 0.25) is 5.91 Å². The van der Waals surface area contributed by atoms with Crippen LogP contribution in [0.5, 0.6) is 0 Å². The van der Waals surface area contributed by atoms with Crippen molar-refractivity contribution in [2.75, 3.05) is 5.32 Å². The SMILES string of the molecule is Cc1cnn(-c2ccc(C(N)=O)cc2NC(=O)NC(C)c2ccc(Cl)cc2Cl)c1. The minimum absolute atomic E-state index is 0.265. The molecule has 0 saturated heterocycles. The second-order valence-corrected chi connectivity index (χ2v) is 7.39. The Hall–Kier alpha value is -3.03. The molecule has 1 atom stereocenters. The van der Waals surface area contributed by atoms with Crippen LogP contribution < -0.4 is 16.4 Å². The number of amides is 3. The second kappa shape index (κ2) is 8.55. The highest BCUT2D eigenvalue weighted by atomic mass is 35.5. The van der Waals surface area contributed by atoms with Crippen molar-refractivity contribution in [3.05, 3.63) is 75.5 Å². The molecule has 1 heterocycles. The number of hydrogen-bond donors (Lipinski definition) is 3. The first-order valence-electron chi connectivity index (χ1n) is 8.72. The van der Waals surface area contributed by atoms with Gasteiger partial charge in [-0.25, -0.2) is 9.48 Å². The van der Waals surface area contributed by atoms with Gasteiger partial charge in [-0.15, -0.1) is 0 Å². The van der Waals surface area contributed by atoms with Crippen LogP contribution >= 0.6 is 23.2 Å². The number of benzene rings is 2. The minimum atomic E-state index is -0.599. The molecule has 0 aliphatic heterocycles. The van der Waals surface area contributed by atoms with Crippen molar-refractivity contribution < 1.29 is 9.59 Å². The maximum absolute atomic E-state index is 12.6. The zero-order valence-electron chi connectivity index (χ0n) is 15.7. The summed E-state index contributed by atoms with van der Waals surface area (Å²) in [4.78, 5) is 24.2. The standard InChI is InChI=1S/C20H19Cl2N5O2/c1-11-9-24-27(10-11)18-6-3-13(19(23)28)7-17(18)26-20(29)25-12(2)15-5-4-14(21)8-16(15)22/h3-10,12H,1-2H3,(H2,23,28)(H2,25,26,29). The molecule has 3 amide bonds. The molecule has 4 N–H and O–H groups in total. The van der Waals surface area contributed by atoms with Crippen LogP contribution in [0.15, 0.2) is 48.8 Å². The number of nitrogens with zero attached hydrogens (tertiary/aromatic N) is 2. The zero-order chi connectivity index (χ0) is 21.1. The molecule has 0 fully saturated rings. The summed E-state index contributed by atoms with van der Waals surface area (Å²) in [7, 11) is 0. The maximum Gasteiger partial charge on any atom is 0.319 e. The molecule has 3 rings (SSSR count). The number of aryl methyl sites for hydroxylation is 1. The lowest BCUT2D eigenvalue weighted by Crippen LogP contribution is -2.31. The predicted octanol–water partition coefficient (Wildman–Crippen LogP) is 4.47. The highest BCUT2D eigenvalue weighted by Gasteiger charge is 2.16. The smallest absolute Gasteiger partial charge is 0.319 e. The van der Waals surface area contributed by atoms with Crippen molar-refractivity contribution in [3.63, 3.8) is 0 Å². The Morgan fingerprint density at radius 2 is 1.93 bits per heavy atom. The van der Waals surface area contributed by atoms with E-state index >= 15 is 0 Å². The molecule has 0 radical (unpaired) electrons. The lowest BCUT2D eigenvalue weighted by atomic mass is 10.1. The number of hydrogen-bond acceptors (Lipinski definition) is 3. The van der Waals surface area contributed by atoms with Crippen LogP contribution in [0, 0.1) is 6.92 Å². The number of urea groups is 1. The van der Waals surface area contributed by atoms with Gasteiger partial charge >= 0.3 is 6.03 Å². The third kappa shape index (κ3) is 4.88. The Morgan fingerprint density at radius 1 is 1.17 bits per heavy atom. The van der Waals surface area contributed by atoms with E-state index in [2.05, 4.69) is 15.7 Å². The summed E-state index contributed by atoms with van der Waals surface area (Å²) in [6, 6.07) is 8.96. The first-order chi connectivity index (χ1) is 13.7. The first-order valence-corrected chi connectivity index (χ1v) is 9.48. The van der Waals surface area contributed by atoms with Crippen LogP contribution in [0.1, 0.15) is 34.5 Å². The Balaban J connectivity index is 1.84. The summed E-state index contributed by atoms with van der Waals surface area (Å²) in [6.45, 7) is 3.70. The van der Waals surface area contributed by atoms with E-state index in [4.69, 9.17) is 28.9 Å². The van der Waals surface area contributed by atoms with Crippen LogP contribution in [0.3, 0.4) is 0 Å². The van der Waals surface area contributed by atoms with Gasteiger partial charge in [-0.2, -0.15) is 5.10 Å². The zero-order valence-corrected chi connectivity index (χ0v) is 17.3. The Labute approximate surface area is 177 Å². The number of primary amides is 1. The second-order valence-electron chi connectivity index (χ2n) is 6.54. The average Bonchev–Trinajstić information content (AvgIpc) is 3.07. The number of carbonyl (C=O) groups is 2. The van der Waals surface area contributed by atoms with Gasteiger partial charge in [-0.05, 0) is 55.3 Å². The number of aromatic nitrogens is 2. The van der Waals surface area contributed by atoms with E-state index < -0.39 is 11.9 Å². The van der Waals surface area contributed by atoms with Crippen LogP contribution in [0.2, 0.25) is 10.0 Å². The van der Waals surface area contributed by atoms with E-state index in [0.717, 1.165) is 11.1 Å². The fourth-order valence-electron chi connectivity index (χ4n) is 2.82. The van der Waals surface area contributed by atoms with Crippen LogP contribution in [-0.4, -0.2) is 21.7 Å². The number of carbonyl (C=O) groups excluding carboxylic acids is 2. The molecule has 3 aromatic rings. The maximum atomic E-state index is 12.6. The molecule has 0 saturated carbocycles. The lowest BCUT2D eigenvalue weighted by Gasteiger charge is -2.18. The summed E-state index contributed by atoms with van der Waals surface area (Å²) < 4.78 is 1.61. The minimum Gasteiger partial charge on any atom is -0.366 e. The predicted molar refractivity (Wildman–Crippen MR) is 114 cm³/mol. The normalized spacial score (nSPS) is 11.7. The van der Waals surface area contributed by atoms with Crippen molar-refractivity contribution in [1.82, 2.24) is 15.1 Å². The number of anilines is 1. The topological polar surface area (TPSA) is 102 Å². The Bertz CT molecular complexity index is 1080. The molecule has 2 aromatic carbocycles. The van der Waals surface area contributed by atoms with Crippen molar-refractivity contribution in [2.45, 2.75) is 19.9 Å². The molecule has 0 aliphatic carbocycles. The van der Waals surface area contributed by atoms with Crippen molar-refractivity contribution in [1.29, 1.82) is 0 Å². The van der Waals surface area contributed by atoms with Crippen molar-refractivity contribution >= 4 is 40.8 Å². The number of nitrogens with one attached hydrogen (secondary N) is 2. The molecule has 0 bridgehead atoms. The summed E-state index contributed by atoms with van der Waals surface area (Å²) in [5, 5.41) is 10.8. The van der Waals surface area contributed by atoms with Gasteiger partial charge in [0, 0.05) is 21.8 Å². The van der Waals surface area contributed by atoms with E-state index in [0.29, 0.717) is 21.4 Å². The summed E-state index contributed by atoms with van der Waals surface area (Å²) >= 11 is 12.1. The van der Waals surface area contributed by atoms with Gasteiger partial charge in [-0.3, -0.25) is 4.79 Å². The molecule has 0 aliphatic rings. The third-order valence-electron chi connectivity index (χ3n) is 4.26. The summed E-state index contributed by atoms with van der Waals surface area (Å²) in [5.41, 5.74) is 8.29. The molecule has 7 nitrogen and oxygen atoms in total. The molecule has 29 heavy (non-hydrogen) atoms. The van der Waals surface area contributed by atoms with Gasteiger partial charge < -0.3 is 16.4 Å². The van der Waals surface area contributed by atoms with Crippen LogP contribution in [0.25, 0.3) is 5.69 Å². The van der Waals surface area contributed by atoms with Crippen molar-refractivity contribution in [3.8, 4) is 5.69 Å². The van der Waals surface area contributed by atoms with Gasteiger partial charge in [0.1, 0.15) is 0 Å². The molecule has 1 unspecified atom stereocenters. The molecule has 0 spiro atoms. The molecule has 1 aromatic heterocycles. The summed E-state index contributed by atoms with van der Waals surface area (Å²) in [6.07, 6.45) is 3.49. The van der Waals surface area contributed by atoms with E-state index in [9.17, 15) is 9.59 Å². The van der Waals surface area contributed by atoms with Gasteiger partial charge in [0.05, 0.1) is 23.6 Å². The van der Waals surface area contributed by atoms with E-state index in [1.54, 1.807) is 54.3 Å². The highest BCUT2D eigenvalue weighted by Crippen LogP contribution is 2.27. The Morgan fingerprint density at radius 3 is 2.55 bits per heavy atom. The third-order valence-corrected chi connectivity index (χ3v) is 4.83. The molecular weight excluding hydrogens is 413 g/mol. The number of halogens is 2. The largest absolute Gasteiger partial charge is 0.366 e. The molecule has 9 heteroatoms. The van der Waals surface area contributed by atoms with Gasteiger partial charge in [0.15, 0.2) is 0 Å².